The molecule has 0 aliphatic carbocycles. The van der Waals surface area contributed by atoms with E-state index < -0.39 is 5.97 Å². The van der Waals surface area contributed by atoms with Crippen molar-refractivity contribution in [2.45, 2.75) is 64.9 Å². The van der Waals surface area contributed by atoms with Crippen molar-refractivity contribution in [1.29, 1.82) is 0 Å². The Balaban J connectivity index is 1.45. The topological polar surface area (TPSA) is 56.7 Å². The summed E-state index contributed by atoms with van der Waals surface area (Å²) < 4.78 is 13.5. The number of fused-ring (bicyclic) bond motifs is 1. The van der Waals surface area contributed by atoms with Gasteiger partial charge < -0.3 is 10.0 Å². The second kappa shape index (κ2) is 10.5. The largest absolute Gasteiger partial charge is 0.481 e. The summed E-state index contributed by atoms with van der Waals surface area (Å²) in [7, 11) is 6.41. The molecule has 2 aliphatic heterocycles. The van der Waals surface area contributed by atoms with Crippen LogP contribution in [-0.2, 0) is 30.7 Å². The summed E-state index contributed by atoms with van der Waals surface area (Å²) in [6, 6.07) is 11.6. The fraction of sp³-hybridized carbons (Fsp3) is 0.419. The maximum atomic E-state index is 13.5. The van der Waals surface area contributed by atoms with Crippen LogP contribution in [0.15, 0.2) is 42.6 Å². The van der Waals surface area contributed by atoms with Crippen molar-refractivity contribution in [1.82, 2.24) is 9.88 Å². The van der Waals surface area contributed by atoms with E-state index in [1.807, 2.05) is 26.1 Å². The Labute approximate surface area is 226 Å². The van der Waals surface area contributed by atoms with E-state index in [-0.39, 0.29) is 17.6 Å². The molecule has 0 amide bonds. The summed E-state index contributed by atoms with van der Waals surface area (Å²) in [6.07, 6.45) is 4.48. The highest BCUT2D eigenvalue weighted by atomic mass is 19.1. The fourth-order valence-electron chi connectivity index (χ4n) is 5.80. The van der Waals surface area contributed by atoms with Gasteiger partial charge in [0.1, 0.15) is 5.82 Å². The van der Waals surface area contributed by atoms with Crippen LogP contribution < -0.4 is 4.90 Å². The Morgan fingerprint density at radius 3 is 2.58 bits per heavy atom. The number of anilines is 1. The highest BCUT2D eigenvalue weighted by Gasteiger charge is 2.29. The number of benzene rings is 2. The van der Waals surface area contributed by atoms with Crippen molar-refractivity contribution in [2.24, 2.45) is 0 Å². The minimum atomic E-state index is -0.851. The molecule has 5 rings (SSSR count). The van der Waals surface area contributed by atoms with Crippen LogP contribution in [0.25, 0.3) is 11.1 Å². The Morgan fingerprint density at radius 1 is 1.11 bits per heavy atom. The first-order valence-corrected chi connectivity index (χ1v) is 13.4. The van der Waals surface area contributed by atoms with Gasteiger partial charge in [0.05, 0.1) is 20.0 Å². The summed E-state index contributed by atoms with van der Waals surface area (Å²) in [4.78, 5) is 21.2. The van der Waals surface area contributed by atoms with Crippen molar-refractivity contribution in [3.05, 3.63) is 81.9 Å². The molecular weight excluding hydrogens is 476 g/mol. The van der Waals surface area contributed by atoms with E-state index in [1.54, 1.807) is 6.07 Å². The number of carbonyl (C=O) groups is 1. The normalized spacial score (nSPS) is 17.3. The summed E-state index contributed by atoms with van der Waals surface area (Å²) >= 11 is 0. The van der Waals surface area contributed by atoms with Crippen LogP contribution in [0.1, 0.15) is 53.3 Å². The fourth-order valence-corrected chi connectivity index (χ4v) is 5.80. The molecule has 5 nitrogen and oxygen atoms in total. The number of hydrogen-bond donors (Lipinski definition) is 1. The maximum absolute atomic E-state index is 13.5. The number of aryl methyl sites for hydroxylation is 2. The molecule has 7 heteroatoms. The molecular formula is C31H35BFN3O2. The lowest BCUT2D eigenvalue weighted by Gasteiger charge is -2.40. The Bertz CT molecular complexity index is 1360. The van der Waals surface area contributed by atoms with Gasteiger partial charge in [0.25, 0.3) is 0 Å². The van der Waals surface area contributed by atoms with Gasteiger partial charge in [-0.3, -0.25) is 14.7 Å². The van der Waals surface area contributed by atoms with Crippen LogP contribution >= 0.6 is 0 Å². The summed E-state index contributed by atoms with van der Waals surface area (Å²) in [5, 5.41) is 9.49. The molecule has 1 fully saturated rings. The van der Waals surface area contributed by atoms with Crippen LogP contribution in [0.5, 0.6) is 0 Å². The summed E-state index contributed by atoms with van der Waals surface area (Å²) in [5.74, 6) is -1.04. The van der Waals surface area contributed by atoms with E-state index in [1.165, 1.54) is 17.2 Å². The molecule has 2 aliphatic rings. The Hall–Kier alpha value is -3.19. The number of piperidine rings is 1. The zero-order valence-corrected chi connectivity index (χ0v) is 22.6. The number of halogens is 1. The molecule has 0 bridgehead atoms. The lowest BCUT2D eigenvalue weighted by Crippen LogP contribution is -2.37. The molecule has 0 spiro atoms. The van der Waals surface area contributed by atoms with Gasteiger partial charge >= 0.3 is 5.97 Å². The van der Waals surface area contributed by atoms with E-state index >= 15 is 0 Å². The monoisotopic (exact) mass is 511 g/mol. The van der Waals surface area contributed by atoms with Crippen LogP contribution in [0, 0.1) is 19.7 Å². The second-order valence-electron chi connectivity index (χ2n) is 11.3. The zero-order chi connectivity index (χ0) is 27.0. The number of carboxylic acids is 1. The predicted molar refractivity (Wildman–Crippen MR) is 150 cm³/mol. The number of nitrogens with zero attached hydrogens (tertiary/aromatic N) is 3. The van der Waals surface area contributed by atoms with E-state index in [2.05, 4.69) is 39.9 Å². The third kappa shape index (κ3) is 5.63. The van der Waals surface area contributed by atoms with E-state index in [4.69, 9.17) is 7.85 Å². The highest BCUT2D eigenvalue weighted by molar-refractivity contribution is 6.15. The van der Waals surface area contributed by atoms with E-state index in [0.717, 1.165) is 91.2 Å². The lowest BCUT2D eigenvalue weighted by atomic mass is 9.64. The third-order valence-corrected chi connectivity index (χ3v) is 8.22. The average molecular weight is 511 g/mol. The first-order valence-electron chi connectivity index (χ1n) is 13.4. The average Bonchev–Trinajstić information content (AvgIpc) is 2.86. The van der Waals surface area contributed by atoms with Crippen LogP contribution in [-0.4, -0.2) is 48.4 Å². The van der Waals surface area contributed by atoms with Crippen molar-refractivity contribution >= 4 is 19.5 Å². The number of aliphatic carboxylic acids is 1. The smallest absolute Gasteiger partial charge is 0.307 e. The number of hydrogen-bond acceptors (Lipinski definition) is 4. The number of pyridine rings is 1. The van der Waals surface area contributed by atoms with Crippen molar-refractivity contribution in [3.8, 4) is 11.1 Å². The van der Waals surface area contributed by atoms with Gasteiger partial charge in [-0.2, -0.15) is 0 Å². The van der Waals surface area contributed by atoms with Gasteiger partial charge in [0.2, 0.25) is 0 Å². The molecule has 3 heterocycles. The zero-order valence-electron chi connectivity index (χ0n) is 22.6. The molecule has 0 atom stereocenters. The molecule has 1 N–H and O–H groups in total. The first-order chi connectivity index (χ1) is 18.1. The third-order valence-electron chi connectivity index (χ3n) is 8.22. The summed E-state index contributed by atoms with van der Waals surface area (Å²) in [5.41, 5.74) is 9.34. The van der Waals surface area contributed by atoms with Crippen LogP contribution in [0.2, 0.25) is 5.31 Å². The minimum absolute atomic E-state index is 0.0545. The molecule has 2 radical (unpaired) electrons. The summed E-state index contributed by atoms with van der Waals surface area (Å²) in [6.45, 7) is 10.1. The minimum Gasteiger partial charge on any atom is -0.481 e. The van der Waals surface area contributed by atoms with E-state index in [9.17, 15) is 14.3 Å². The van der Waals surface area contributed by atoms with Gasteiger partial charge in [-0.05, 0) is 73.1 Å². The second-order valence-corrected chi connectivity index (χ2v) is 11.3. The molecule has 0 saturated carbocycles. The molecule has 196 valence electrons. The molecule has 0 unspecified atom stereocenters. The van der Waals surface area contributed by atoms with Gasteiger partial charge in [-0.15, -0.1) is 0 Å². The predicted octanol–water partition coefficient (Wildman–Crippen LogP) is 5.64. The van der Waals surface area contributed by atoms with Gasteiger partial charge in [-0.25, -0.2) is 4.39 Å². The quantitative estimate of drug-likeness (QED) is 0.435. The first kappa shape index (κ1) is 26.4. The van der Waals surface area contributed by atoms with Crippen molar-refractivity contribution in [2.75, 3.05) is 24.5 Å². The highest BCUT2D eigenvalue weighted by Crippen LogP contribution is 2.42. The lowest BCUT2D eigenvalue weighted by molar-refractivity contribution is -0.136. The molecule has 38 heavy (non-hydrogen) atoms. The van der Waals surface area contributed by atoms with Crippen LogP contribution in [0.3, 0.4) is 0 Å². The van der Waals surface area contributed by atoms with Crippen LogP contribution in [0.4, 0.5) is 10.1 Å². The van der Waals surface area contributed by atoms with Crippen molar-refractivity contribution in [3.63, 3.8) is 0 Å². The van der Waals surface area contributed by atoms with Gasteiger partial charge in [0.15, 0.2) is 0 Å². The standard InChI is InChI=1S/C31H35BFN3O2/c1-20-14-26(33)7-6-24(20)18-35-11-8-22-15-23(4-5-25(22)19-35)28-17-34-21(2)27(16-29(37)38)30(28)36-12-9-31(3,32)10-13-36/h4-7,14-15,17H,8-13,16,18-19H2,1-3H3,(H,37,38). The van der Waals surface area contributed by atoms with Gasteiger partial charge in [0, 0.05) is 55.7 Å². The van der Waals surface area contributed by atoms with Gasteiger partial charge in [-0.1, -0.05) is 36.5 Å². The molecule has 3 aromatic rings. The van der Waals surface area contributed by atoms with E-state index in [0.29, 0.717) is 0 Å². The maximum Gasteiger partial charge on any atom is 0.307 e. The SMILES string of the molecule is [B]C1(C)CCN(c2c(-c3ccc4c(c3)CCN(Cc3ccc(F)cc3C)C4)cnc(C)c2CC(=O)O)CC1. The Kier molecular flexibility index (Phi) is 7.32. The molecule has 1 aromatic heterocycles. The molecule has 1 saturated heterocycles. The number of rotatable bonds is 6. The van der Waals surface area contributed by atoms with Crippen molar-refractivity contribution < 1.29 is 14.3 Å². The number of aromatic nitrogens is 1. The number of carboxylic acid groups (broad SMARTS) is 1. The molecule has 2 aromatic carbocycles. The Morgan fingerprint density at radius 2 is 1.87 bits per heavy atom.